The van der Waals surface area contributed by atoms with Gasteiger partial charge in [0, 0.05) is 32.3 Å². The summed E-state index contributed by atoms with van der Waals surface area (Å²) in [6.07, 6.45) is 3.31. The molecule has 1 saturated heterocycles. The number of ether oxygens (including phenoxy) is 3. The molecule has 24 heavy (non-hydrogen) atoms. The van der Waals surface area contributed by atoms with Crippen LogP contribution in [0.15, 0.2) is 24.3 Å². The first-order valence-corrected chi connectivity index (χ1v) is 8.29. The number of benzene rings is 1. The molecule has 1 aliphatic rings. The van der Waals surface area contributed by atoms with Crippen LogP contribution in [0.4, 0.5) is 0 Å². The average Bonchev–Trinajstić information content (AvgIpc) is 2.61. The van der Waals surface area contributed by atoms with E-state index >= 15 is 0 Å². The molecule has 0 saturated carbocycles. The van der Waals surface area contributed by atoms with Crippen LogP contribution in [-0.4, -0.2) is 63.9 Å². The SMILES string of the molecule is CCOc1cc(C=CC(=O)NCCN2CCOCC2)ccc1OC. The molecular formula is C18H26N2O4. The highest BCUT2D eigenvalue weighted by molar-refractivity contribution is 5.91. The number of hydrogen-bond acceptors (Lipinski definition) is 5. The summed E-state index contributed by atoms with van der Waals surface area (Å²) < 4.78 is 16.1. The molecule has 1 aromatic rings. The lowest BCUT2D eigenvalue weighted by molar-refractivity contribution is -0.116. The summed E-state index contributed by atoms with van der Waals surface area (Å²) in [5.41, 5.74) is 0.891. The maximum Gasteiger partial charge on any atom is 0.244 e. The van der Waals surface area contributed by atoms with Crippen molar-refractivity contribution in [3.05, 3.63) is 29.8 Å². The number of nitrogens with zero attached hydrogens (tertiary/aromatic N) is 1. The molecule has 6 heteroatoms. The molecule has 1 amide bonds. The lowest BCUT2D eigenvalue weighted by Crippen LogP contribution is -2.41. The lowest BCUT2D eigenvalue weighted by Gasteiger charge is -2.26. The second-order valence-electron chi connectivity index (χ2n) is 5.42. The quantitative estimate of drug-likeness (QED) is 0.731. The van der Waals surface area contributed by atoms with Gasteiger partial charge in [-0.15, -0.1) is 0 Å². The zero-order chi connectivity index (χ0) is 17.2. The van der Waals surface area contributed by atoms with E-state index in [-0.39, 0.29) is 5.91 Å². The molecule has 0 aromatic heterocycles. The highest BCUT2D eigenvalue weighted by atomic mass is 16.5. The highest BCUT2D eigenvalue weighted by Crippen LogP contribution is 2.28. The molecule has 1 N–H and O–H groups in total. The number of hydrogen-bond donors (Lipinski definition) is 1. The molecule has 0 unspecified atom stereocenters. The Morgan fingerprint density at radius 3 is 2.83 bits per heavy atom. The summed E-state index contributed by atoms with van der Waals surface area (Å²) in [4.78, 5) is 14.2. The highest BCUT2D eigenvalue weighted by Gasteiger charge is 2.09. The molecule has 1 aromatic carbocycles. The number of rotatable bonds is 8. The fraction of sp³-hybridized carbons (Fsp3) is 0.500. The molecule has 1 heterocycles. The van der Waals surface area contributed by atoms with Gasteiger partial charge in [-0.2, -0.15) is 0 Å². The maximum atomic E-state index is 11.9. The van der Waals surface area contributed by atoms with Gasteiger partial charge >= 0.3 is 0 Å². The standard InChI is InChI=1S/C18H26N2O4/c1-3-24-17-14-15(4-6-16(17)22-2)5-7-18(21)19-8-9-20-10-12-23-13-11-20/h4-7,14H,3,8-13H2,1-2H3,(H,19,21). The van der Waals surface area contributed by atoms with E-state index in [4.69, 9.17) is 14.2 Å². The number of carbonyl (C=O) groups excluding carboxylic acids is 1. The Kier molecular flexibility index (Phi) is 7.58. The monoisotopic (exact) mass is 334 g/mol. The van der Waals surface area contributed by atoms with Crippen molar-refractivity contribution in [3.63, 3.8) is 0 Å². The Labute approximate surface area is 143 Å². The van der Waals surface area contributed by atoms with E-state index in [1.807, 2.05) is 25.1 Å². The number of amides is 1. The molecule has 0 radical (unpaired) electrons. The van der Waals surface area contributed by atoms with Gasteiger partial charge in [-0.25, -0.2) is 0 Å². The van der Waals surface area contributed by atoms with Crippen LogP contribution in [0.25, 0.3) is 6.08 Å². The summed E-state index contributed by atoms with van der Waals surface area (Å²) >= 11 is 0. The minimum atomic E-state index is -0.1000. The smallest absolute Gasteiger partial charge is 0.244 e. The molecule has 0 atom stereocenters. The molecule has 2 rings (SSSR count). The third kappa shape index (κ3) is 5.86. The summed E-state index contributed by atoms with van der Waals surface area (Å²) in [6, 6.07) is 5.58. The molecule has 0 bridgehead atoms. The first-order chi connectivity index (χ1) is 11.7. The van der Waals surface area contributed by atoms with Crippen molar-refractivity contribution < 1.29 is 19.0 Å². The molecular weight excluding hydrogens is 308 g/mol. The third-order valence-electron chi connectivity index (χ3n) is 3.75. The number of morpholine rings is 1. The number of carbonyl (C=O) groups is 1. The number of methoxy groups -OCH3 is 1. The molecule has 1 fully saturated rings. The van der Waals surface area contributed by atoms with Crippen molar-refractivity contribution in [3.8, 4) is 11.5 Å². The minimum absolute atomic E-state index is 0.1000. The number of nitrogens with one attached hydrogen (secondary N) is 1. The van der Waals surface area contributed by atoms with Gasteiger partial charge in [-0.1, -0.05) is 6.07 Å². The van der Waals surface area contributed by atoms with Crippen LogP contribution < -0.4 is 14.8 Å². The van der Waals surface area contributed by atoms with E-state index in [2.05, 4.69) is 10.2 Å². The fourth-order valence-electron chi connectivity index (χ4n) is 2.46. The van der Waals surface area contributed by atoms with Crippen molar-refractivity contribution in [2.45, 2.75) is 6.92 Å². The Bertz CT molecular complexity index is 554. The van der Waals surface area contributed by atoms with Crippen LogP contribution in [0.3, 0.4) is 0 Å². The van der Waals surface area contributed by atoms with E-state index in [9.17, 15) is 4.79 Å². The average molecular weight is 334 g/mol. The van der Waals surface area contributed by atoms with Crippen molar-refractivity contribution in [1.82, 2.24) is 10.2 Å². The van der Waals surface area contributed by atoms with Crippen LogP contribution >= 0.6 is 0 Å². The minimum Gasteiger partial charge on any atom is -0.493 e. The van der Waals surface area contributed by atoms with Gasteiger partial charge in [0.1, 0.15) is 0 Å². The second kappa shape index (κ2) is 9.95. The van der Waals surface area contributed by atoms with E-state index in [0.29, 0.717) is 24.7 Å². The summed E-state index contributed by atoms with van der Waals surface area (Å²) in [7, 11) is 1.61. The van der Waals surface area contributed by atoms with Gasteiger partial charge in [-0.05, 0) is 30.7 Å². The van der Waals surface area contributed by atoms with Crippen LogP contribution in [-0.2, 0) is 9.53 Å². The Morgan fingerprint density at radius 1 is 1.33 bits per heavy atom. The zero-order valence-electron chi connectivity index (χ0n) is 14.4. The van der Waals surface area contributed by atoms with Gasteiger partial charge in [-0.3, -0.25) is 9.69 Å². The first kappa shape index (κ1) is 18.3. The topological polar surface area (TPSA) is 60.0 Å². The van der Waals surface area contributed by atoms with Crippen LogP contribution in [0.2, 0.25) is 0 Å². The van der Waals surface area contributed by atoms with Crippen molar-refractivity contribution in [1.29, 1.82) is 0 Å². The van der Waals surface area contributed by atoms with Gasteiger partial charge < -0.3 is 19.5 Å². The predicted octanol–water partition coefficient (Wildman–Crippen LogP) is 1.56. The van der Waals surface area contributed by atoms with E-state index in [0.717, 1.165) is 38.4 Å². The van der Waals surface area contributed by atoms with Crippen LogP contribution in [0, 0.1) is 0 Å². The van der Waals surface area contributed by atoms with Crippen LogP contribution in [0.1, 0.15) is 12.5 Å². The van der Waals surface area contributed by atoms with Crippen molar-refractivity contribution in [2.75, 3.05) is 53.1 Å². The summed E-state index contributed by atoms with van der Waals surface area (Å²) in [5.74, 6) is 1.26. The summed E-state index contributed by atoms with van der Waals surface area (Å²) in [6.45, 7) is 7.36. The lowest BCUT2D eigenvalue weighted by atomic mass is 10.2. The van der Waals surface area contributed by atoms with Crippen molar-refractivity contribution in [2.24, 2.45) is 0 Å². The van der Waals surface area contributed by atoms with E-state index < -0.39 is 0 Å². The predicted molar refractivity (Wildman–Crippen MR) is 93.5 cm³/mol. The van der Waals surface area contributed by atoms with Crippen LogP contribution in [0.5, 0.6) is 11.5 Å². The Hall–Kier alpha value is -2.05. The normalized spacial score (nSPS) is 15.4. The molecule has 6 nitrogen and oxygen atoms in total. The molecule has 0 spiro atoms. The molecule has 1 aliphatic heterocycles. The van der Waals surface area contributed by atoms with E-state index in [1.54, 1.807) is 13.2 Å². The van der Waals surface area contributed by atoms with E-state index in [1.165, 1.54) is 6.08 Å². The van der Waals surface area contributed by atoms with Crippen molar-refractivity contribution >= 4 is 12.0 Å². The maximum absolute atomic E-state index is 11.9. The fourth-order valence-corrected chi connectivity index (χ4v) is 2.46. The molecule has 132 valence electrons. The largest absolute Gasteiger partial charge is 0.493 e. The van der Waals surface area contributed by atoms with Gasteiger partial charge in [0.2, 0.25) is 5.91 Å². The van der Waals surface area contributed by atoms with Gasteiger partial charge in [0.15, 0.2) is 11.5 Å². The zero-order valence-corrected chi connectivity index (χ0v) is 14.4. The Morgan fingerprint density at radius 2 is 2.12 bits per heavy atom. The Balaban J connectivity index is 1.81. The third-order valence-corrected chi connectivity index (χ3v) is 3.75. The van der Waals surface area contributed by atoms with Gasteiger partial charge in [0.05, 0.1) is 26.9 Å². The summed E-state index contributed by atoms with van der Waals surface area (Å²) in [5, 5.41) is 2.90. The van der Waals surface area contributed by atoms with Gasteiger partial charge in [0.25, 0.3) is 0 Å². The first-order valence-electron chi connectivity index (χ1n) is 8.29. The second-order valence-corrected chi connectivity index (χ2v) is 5.42. The molecule has 0 aliphatic carbocycles.